The third-order valence-electron chi connectivity index (χ3n) is 2.83. The first-order chi connectivity index (χ1) is 8.00. The average molecular weight is 240 g/mol. The van der Waals surface area contributed by atoms with Crippen LogP contribution in [-0.4, -0.2) is 41.6 Å². The fraction of sp³-hybridized carbons (Fsp3) is 0.750. The molecule has 0 spiro atoms. The number of carbonyl (C=O) groups excluding carboxylic acids is 3. The summed E-state index contributed by atoms with van der Waals surface area (Å²) in [4.78, 5) is 35.8. The van der Waals surface area contributed by atoms with Crippen molar-refractivity contribution in [3.8, 4) is 0 Å². The molecule has 1 heterocycles. The molecule has 1 aliphatic rings. The van der Waals surface area contributed by atoms with E-state index in [-0.39, 0.29) is 24.0 Å². The standard InChI is InChI=1S/C12H20N2O3/c1-9(15)8-11(16)13-10(2)12(17)14-6-4-3-5-7-14/h10H,3-8H2,1-2H3,(H,13,16). The highest BCUT2D eigenvalue weighted by Gasteiger charge is 2.23. The first-order valence-corrected chi connectivity index (χ1v) is 6.08. The van der Waals surface area contributed by atoms with Crippen LogP contribution in [0.25, 0.3) is 0 Å². The third kappa shape index (κ3) is 4.54. The van der Waals surface area contributed by atoms with Gasteiger partial charge in [-0.15, -0.1) is 0 Å². The summed E-state index contributed by atoms with van der Waals surface area (Å²) in [5.74, 6) is -0.628. The zero-order valence-corrected chi connectivity index (χ0v) is 10.5. The largest absolute Gasteiger partial charge is 0.344 e. The Balaban J connectivity index is 2.40. The summed E-state index contributed by atoms with van der Waals surface area (Å²) in [5, 5.41) is 2.56. The number of nitrogens with zero attached hydrogens (tertiary/aromatic N) is 1. The molecule has 0 aliphatic carbocycles. The van der Waals surface area contributed by atoms with Crippen molar-refractivity contribution < 1.29 is 14.4 Å². The summed E-state index contributed by atoms with van der Waals surface area (Å²) in [5.41, 5.74) is 0. The molecule has 5 nitrogen and oxygen atoms in total. The maximum absolute atomic E-state index is 11.9. The van der Waals surface area contributed by atoms with Crippen LogP contribution in [0.3, 0.4) is 0 Å². The van der Waals surface area contributed by atoms with Gasteiger partial charge in [0.25, 0.3) is 0 Å². The number of likely N-dealkylation sites (tertiary alicyclic amines) is 1. The molecule has 0 saturated carbocycles. The Kier molecular flexibility index (Phi) is 5.12. The molecule has 5 heteroatoms. The van der Waals surface area contributed by atoms with Crippen LogP contribution >= 0.6 is 0 Å². The van der Waals surface area contributed by atoms with E-state index in [1.807, 2.05) is 0 Å². The number of Topliss-reactive ketones (excluding diaryl/α,β-unsaturated/α-hetero) is 1. The van der Waals surface area contributed by atoms with Gasteiger partial charge in [-0.25, -0.2) is 0 Å². The second-order valence-electron chi connectivity index (χ2n) is 4.55. The zero-order valence-electron chi connectivity index (χ0n) is 10.5. The molecule has 1 N–H and O–H groups in total. The third-order valence-corrected chi connectivity index (χ3v) is 2.83. The lowest BCUT2D eigenvalue weighted by atomic mass is 10.1. The minimum atomic E-state index is -0.542. The van der Waals surface area contributed by atoms with Crippen LogP contribution in [0.4, 0.5) is 0 Å². The van der Waals surface area contributed by atoms with Gasteiger partial charge >= 0.3 is 0 Å². The van der Waals surface area contributed by atoms with Gasteiger partial charge in [0.1, 0.15) is 11.8 Å². The highest BCUT2D eigenvalue weighted by Crippen LogP contribution is 2.09. The molecule has 96 valence electrons. The lowest BCUT2D eigenvalue weighted by Gasteiger charge is -2.29. The van der Waals surface area contributed by atoms with Crippen molar-refractivity contribution >= 4 is 17.6 Å². The predicted octanol–water partition coefficient (Wildman–Crippen LogP) is 0.483. The minimum Gasteiger partial charge on any atom is -0.344 e. The molecule has 0 aromatic rings. The van der Waals surface area contributed by atoms with Crippen LogP contribution in [0.1, 0.15) is 39.5 Å². The van der Waals surface area contributed by atoms with E-state index in [1.54, 1.807) is 11.8 Å². The van der Waals surface area contributed by atoms with Crippen molar-refractivity contribution in [1.82, 2.24) is 10.2 Å². The first-order valence-electron chi connectivity index (χ1n) is 6.08. The Hall–Kier alpha value is -1.39. The molecule has 17 heavy (non-hydrogen) atoms. The van der Waals surface area contributed by atoms with E-state index in [2.05, 4.69) is 5.32 Å². The molecule has 1 saturated heterocycles. The van der Waals surface area contributed by atoms with Gasteiger partial charge in [0, 0.05) is 13.1 Å². The van der Waals surface area contributed by atoms with E-state index in [1.165, 1.54) is 6.92 Å². The van der Waals surface area contributed by atoms with Crippen LogP contribution in [-0.2, 0) is 14.4 Å². The van der Waals surface area contributed by atoms with Gasteiger partial charge in [-0.3, -0.25) is 14.4 Å². The van der Waals surface area contributed by atoms with Gasteiger partial charge in [0.15, 0.2) is 0 Å². The van der Waals surface area contributed by atoms with Crippen LogP contribution < -0.4 is 5.32 Å². The smallest absolute Gasteiger partial charge is 0.244 e. The molecule has 1 aliphatic heterocycles. The van der Waals surface area contributed by atoms with Gasteiger partial charge in [-0.1, -0.05) is 0 Å². The molecule has 0 aromatic heterocycles. The number of nitrogens with one attached hydrogen (secondary N) is 1. The van der Waals surface area contributed by atoms with E-state index < -0.39 is 6.04 Å². The summed E-state index contributed by atoms with van der Waals surface area (Å²) < 4.78 is 0. The lowest BCUT2D eigenvalue weighted by molar-refractivity contribution is -0.137. The monoisotopic (exact) mass is 240 g/mol. The molecule has 1 atom stereocenters. The number of hydrogen-bond acceptors (Lipinski definition) is 3. The van der Waals surface area contributed by atoms with Crippen LogP contribution in [0.5, 0.6) is 0 Å². The van der Waals surface area contributed by atoms with Gasteiger partial charge in [-0.2, -0.15) is 0 Å². The number of piperidine rings is 1. The maximum Gasteiger partial charge on any atom is 0.244 e. The summed E-state index contributed by atoms with van der Waals surface area (Å²) >= 11 is 0. The Labute approximate surface area is 102 Å². The van der Waals surface area contributed by atoms with Gasteiger partial charge in [-0.05, 0) is 33.1 Å². The van der Waals surface area contributed by atoms with Crippen molar-refractivity contribution in [2.24, 2.45) is 0 Å². The topological polar surface area (TPSA) is 66.5 Å². The zero-order chi connectivity index (χ0) is 12.8. The van der Waals surface area contributed by atoms with Crippen molar-refractivity contribution in [2.75, 3.05) is 13.1 Å². The van der Waals surface area contributed by atoms with Gasteiger partial charge < -0.3 is 10.2 Å². The molecule has 1 fully saturated rings. The minimum absolute atomic E-state index is 0.0541. The van der Waals surface area contributed by atoms with Crippen LogP contribution in [0.15, 0.2) is 0 Å². The van der Waals surface area contributed by atoms with Crippen molar-refractivity contribution in [2.45, 2.75) is 45.6 Å². The summed E-state index contributed by atoms with van der Waals surface area (Å²) in [6.45, 7) is 4.56. The van der Waals surface area contributed by atoms with Crippen molar-refractivity contribution in [3.05, 3.63) is 0 Å². The fourth-order valence-corrected chi connectivity index (χ4v) is 1.97. The molecule has 1 rings (SSSR count). The SMILES string of the molecule is CC(=O)CC(=O)NC(C)C(=O)N1CCCCC1. The Morgan fingerprint density at radius 3 is 2.29 bits per heavy atom. The van der Waals surface area contributed by atoms with Crippen LogP contribution in [0.2, 0.25) is 0 Å². The summed E-state index contributed by atoms with van der Waals surface area (Å²) in [6, 6.07) is -0.542. The Morgan fingerprint density at radius 1 is 1.18 bits per heavy atom. The van der Waals surface area contributed by atoms with Gasteiger partial charge in [0.2, 0.25) is 11.8 Å². The highest BCUT2D eigenvalue weighted by atomic mass is 16.2. The van der Waals surface area contributed by atoms with E-state index in [0.717, 1.165) is 32.4 Å². The number of amides is 2. The Morgan fingerprint density at radius 2 is 1.76 bits per heavy atom. The first kappa shape index (κ1) is 13.7. The fourth-order valence-electron chi connectivity index (χ4n) is 1.97. The molecule has 1 unspecified atom stereocenters. The number of hydrogen-bond donors (Lipinski definition) is 1. The molecular weight excluding hydrogens is 220 g/mol. The number of rotatable bonds is 4. The highest BCUT2D eigenvalue weighted by molar-refractivity contribution is 5.98. The van der Waals surface area contributed by atoms with Crippen LogP contribution in [0, 0.1) is 0 Å². The van der Waals surface area contributed by atoms with E-state index in [9.17, 15) is 14.4 Å². The van der Waals surface area contributed by atoms with E-state index in [4.69, 9.17) is 0 Å². The predicted molar refractivity (Wildman–Crippen MR) is 63.3 cm³/mol. The Bertz CT molecular complexity index is 309. The second-order valence-corrected chi connectivity index (χ2v) is 4.55. The molecule has 0 aromatic carbocycles. The molecule has 0 radical (unpaired) electrons. The average Bonchev–Trinajstić information content (AvgIpc) is 2.28. The maximum atomic E-state index is 11.9. The number of carbonyl (C=O) groups is 3. The summed E-state index contributed by atoms with van der Waals surface area (Å²) in [6.07, 6.45) is 3.06. The van der Waals surface area contributed by atoms with Gasteiger partial charge in [0.05, 0.1) is 6.42 Å². The normalized spacial score (nSPS) is 17.4. The lowest BCUT2D eigenvalue weighted by Crippen LogP contribution is -2.48. The second kappa shape index (κ2) is 6.37. The molecule has 2 amide bonds. The van der Waals surface area contributed by atoms with Crippen molar-refractivity contribution in [1.29, 1.82) is 0 Å². The van der Waals surface area contributed by atoms with E-state index in [0.29, 0.717) is 0 Å². The van der Waals surface area contributed by atoms with E-state index >= 15 is 0 Å². The summed E-state index contributed by atoms with van der Waals surface area (Å²) in [7, 11) is 0. The quantitative estimate of drug-likeness (QED) is 0.727. The molecule has 0 bridgehead atoms. The van der Waals surface area contributed by atoms with Crippen molar-refractivity contribution in [3.63, 3.8) is 0 Å². The molecular formula is C12H20N2O3. The number of ketones is 1.